The lowest BCUT2D eigenvalue weighted by molar-refractivity contribution is -0.109. The summed E-state index contributed by atoms with van der Waals surface area (Å²) in [5.74, 6) is 5.16. The molecular formula is C12H12N2O3S. The lowest BCUT2D eigenvalue weighted by Crippen LogP contribution is -2.05. The minimum Gasteiger partial charge on any atom is -0.476 e. The average molecular weight is 264 g/mol. The number of carboxylic acids is 1. The molecule has 0 bridgehead atoms. The molecule has 0 radical (unpaired) electrons. The minimum atomic E-state index is -1.16. The molecule has 6 heteroatoms. The number of aromatic carboxylic acids is 1. The molecule has 0 aliphatic heterocycles. The van der Waals surface area contributed by atoms with Gasteiger partial charge in [-0.15, -0.1) is 0 Å². The van der Waals surface area contributed by atoms with E-state index < -0.39 is 5.97 Å². The second kappa shape index (κ2) is 6.67. The SMILES string of the molecule is CC(=O)SCCC#Cc1cnc(C(=O)O)c(N)c1. The van der Waals surface area contributed by atoms with Gasteiger partial charge in [0, 0.05) is 30.9 Å². The van der Waals surface area contributed by atoms with Crippen LogP contribution in [-0.2, 0) is 4.79 Å². The molecule has 0 aromatic carbocycles. The molecule has 5 nitrogen and oxygen atoms in total. The highest BCUT2D eigenvalue weighted by molar-refractivity contribution is 8.13. The largest absolute Gasteiger partial charge is 0.476 e. The van der Waals surface area contributed by atoms with Crippen LogP contribution in [0.2, 0.25) is 0 Å². The van der Waals surface area contributed by atoms with Gasteiger partial charge in [-0.3, -0.25) is 4.79 Å². The molecule has 0 spiro atoms. The van der Waals surface area contributed by atoms with E-state index in [4.69, 9.17) is 10.8 Å². The molecule has 0 amide bonds. The number of carboxylic acid groups (broad SMARTS) is 1. The lowest BCUT2D eigenvalue weighted by Gasteiger charge is -1.99. The Balaban J connectivity index is 2.64. The van der Waals surface area contributed by atoms with Crippen LogP contribution in [0.3, 0.4) is 0 Å². The zero-order valence-corrected chi connectivity index (χ0v) is 10.6. The third kappa shape index (κ3) is 4.47. The molecule has 1 aromatic heterocycles. The Morgan fingerprint density at radius 1 is 1.56 bits per heavy atom. The standard InChI is InChI=1S/C12H12N2O3S/c1-8(15)18-5-3-2-4-9-6-10(13)11(12(16)17)14-7-9/h6-7H,3,5,13H2,1H3,(H,16,17). The van der Waals surface area contributed by atoms with E-state index in [0.29, 0.717) is 17.7 Å². The number of pyridine rings is 1. The normalized spacial score (nSPS) is 9.39. The van der Waals surface area contributed by atoms with Gasteiger partial charge < -0.3 is 10.8 Å². The maximum atomic E-state index is 10.7. The second-order valence-corrected chi connectivity index (χ2v) is 4.63. The Hall–Kier alpha value is -2.00. The summed E-state index contributed by atoms with van der Waals surface area (Å²) in [5, 5.41) is 8.80. The van der Waals surface area contributed by atoms with Gasteiger partial charge in [0.1, 0.15) is 0 Å². The molecule has 0 fully saturated rings. The fraction of sp³-hybridized carbons (Fsp3) is 0.250. The highest BCUT2D eigenvalue weighted by atomic mass is 32.2. The van der Waals surface area contributed by atoms with Crippen molar-refractivity contribution in [3.8, 4) is 11.8 Å². The monoisotopic (exact) mass is 264 g/mol. The first-order chi connectivity index (χ1) is 8.50. The molecule has 94 valence electrons. The molecule has 18 heavy (non-hydrogen) atoms. The van der Waals surface area contributed by atoms with Crippen LogP contribution in [-0.4, -0.2) is 26.9 Å². The summed E-state index contributed by atoms with van der Waals surface area (Å²) < 4.78 is 0. The van der Waals surface area contributed by atoms with Crippen LogP contribution >= 0.6 is 11.8 Å². The van der Waals surface area contributed by atoms with Crippen LogP contribution in [0.4, 0.5) is 5.69 Å². The van der Waals surface area contributed by atoms with Crippen molar-refractivity contribution in [3.05, 3.63) is 23.5 Å². The van der Waals surface area contributed by atoms with Crippen molar-refractivity contribution < 1.29 is 14.7 Å². The predicted molar refractivity (Wildman–Crippen MR) is 70.2 cm³/mol. The number of nitrogen functional groups attached to an aromatic ring is 1. The quantitative estimate of drug-likeness (QED) is 0.633. The fourth-order valence-electron chi connectivity index (χ4n) is 1.14. The highest BCUT2D eigenvalue weighted by Crippen LogP contribution is 2.10. The third-order valence-electron chi connectivity index (χ3n) is 1.88. The number of anilines is 1. The van der Waals surface area contributed by atoms with Crippen molar-refractivity contribution in [2.75, 3.05) is 11.5 Å². The van der Waals surface area contributed by atoms with E-state index in [9.17, 15) is 9.59 Å². The van der Waals surface area contributed by atoms with Crippen molar-refractivity contribution in [1.29, 1.82) is 0 Å². The minimum absolute atomic E-state index is 0.0634. The van der Waals surface area contributed by atoms with Gasteiger partial charge in [0.2, 0.25) is 0 Å². The smallest absolute Gasteiger partial charge is 0.356 e. The molecule has 1 aromatic rings. The van der Waals surface area contributed by atoms with Gasteiger partial charge in [-0.1, -0.05) is 23.6 Å². The Labute approximate surface area is 109 Å². The van der Waals surface area contributed by atoms with E-state index in [1.165, 1.54) is 30.9 Å². The first-order valence-corrected chi connectivity index (χ1v) is 6.10. The summed E-state index contributed by atoms with van der Waals surface area (Å²) in [7, 11) is 0. The predicted octanol–water partition coefficient (Wildman–Crippen LogP) is 1.38. The highest BCUT2D eigenvalue weighted by Gasteiger charge is 2.08. The zero-order valence-electron chi connectivity index (χ0n) is 9.77. The fourth-order valence-corrected chi connectivity index (χ4v) is 1.63. The number of nitrogens with zero attached hydrogens (tertiary/aromatic N) is 1. The van der Waals surface area contributed by atoms with Crippen LogP contribution in [0.1, 0.15) is 29.4 Å². The van der Waals surface area contributed by atoms with Gasteiger partial charge >= 0.3 is 5.97 Å². The van der Waals surface area contributed by atoms with Crippen LogP contribution in [0.15, 0.2) is 12.3 Å². The average Bonchev–Trinajstić information content (AvgIpc) is 2.27. The van der Waals surface area contributed by atoms with E-state index in [1.807, 2.05) is 0 Å². The summed E-state index contributed by atoms with van der Waals surface area (Å²) in [6.45, 7) is 1.51. The summed E-state index contributed by atoms with van der Waals surface area (Å²) in [6.07, 6.45) is 1.94. The van der Waals surface area contributed by atoms with Crippen molar-refractivity contribution in [2.24, 2.45) is 0 Å². The maximum absolute atomic E-state index is 10.7. The molecular weight excluding hydrogens is 252 g/mol. The van der Waals surface area contributed by atoms with Gasteiger partial charge in [0.15, 0.2) is 10.8 Å². The molecule has 3 N–H and O–H groups in total. The van der Waals surface area contributed by atoms with Gasteiger partial charge in [0.05, 0.1) is 5.69 Å². The number of hydrogen-bond donors (Lipinski definition) is 2. The van der Waals surface area contributed by atoms with Crippen molar-refractivity contribution in [3.63, 3.8) is 0 Å². The van der Waals surface area contributed by atoms with Crippen LogP contribution in [0, 0.1) is 11.8 Å². The number of carbonyl (C=O) groups is 2. The van der Waals surface area contributed by atoms with Gasteiger partial charge in [-0.05, 0) is 6.07 Å². The molecule has 1 heterocycles. The molecule has 0 atom stereocenters. The van der Waals surface area contributed by atoms with Crippen LogP contribution in [0.5, 0.6) is 0 Å². The molecule has 1 rings (SSSR count). The summed E-state index contributed by atoms with van der Waals surface area (Å²) in [6, 6.07) is 1.47. The zero-order chi connectivity index (χ0) is 13.5. The van der Waals surface area contributed by atoms with Crippen molar-refractivity contribution >= 4 is 28.5 Å². The number of rotatable bonds is 3. The summed E-state index contributed by atoms with van der Waals surface area (Å²) in [4.78, 5) is 25.1. The van der Waals surface area contributed by atoms with Crippen molar-refractivity contribution in [1.82, 2.24) is 4.98 Å². The Morgan fingerprint density at radius 3 is 2.83 bits per heavy atom. The van der Waals surface area contributed by atoms with Crippen LogP contribution in [0.25, 0.3) is 0 Å². The van der Waals surface area contributed by atoms with E-state index in [0.717, 1.165) is 0 Å². The lowest BCUT2D eigenvalue weighted by atomic mass is 10.2. The van der Waals surface area contributed by atoms with Crippen molar-refractivity contribution in [2.45, 2.75) is 13.3 Å². The molecule has 0 aliphatic carbocycles. The van der Waals surface area contributed by atoms with Crippen LogP contribution < -0.4 is 5.73 Å². The number of nitrogens with two attached hydrogens (primary N) is 1. The first kappa shape index (κ1) is 14.1. The number of thioether (sulfide) groups is 1. The van der Waals surface area contributed by atoms with Gasteiger partial charge in [-0.2, -0.15) is 0 Å². The maximum Gasteiger partial charge on any atom is 0.356 e. The van der Waals surface area contributed by atoms with Gasteiger partial charge in [-0.25, -0.2) is 9.78 Å². The Kier molecular flexibility index (Phi) is 5.21. The Morgan fingerprint density at radius 2 is 2.28 bits per heavy atom. The topological polar surface area (TPSA) is 93.3 Å². The number of hydrogen-bond acceptors (Lipinski definition) is 5. The summed E-state index contributed by atoms with van der Waals surface area (Å²) in [5.41, 5.74) is 6.01. The number of carbonyl (C=O) groups excluding carboxylic acids is 1. The molecule has 0 saturated heterocycles. The second-order valence-electron chi connectivity index (χ2n) is 3.36. The Bertz CT molecular complexity index is 532. The van der Waals surface area contributed by atoms with E-state index >= 15 is 0 Å². The molecule has 0 unspecified atom stereocenters. The molecule has 0 saturated carbocycles. The number of aromatic nitrogens is 1. The van der Waals surface area contributed by atoms with Gasteiger partial charge in [0.25, 0.3) is 0 Å². The van der Waals surface area contributed by atoms with E-state index in [-0.39, 0.29) is 16.5 Å². The van der Waals surface area contributed by atoms with E-state index in [2.05, 4.69) is 16.8 Å². The first-order valence-electron chi connectivity index (χ1n) is 5.11. The third-order valence-corrected chi connectivity index (χ3v) is 2.70. The van der Waals surface area contributed by atoms with E-state index in [1.54, 1.807) is 0 Å². The molecule has 0 aliphatic rings. The summed E-state index contributed by atoms with van der Waals surface area (Å²) >= 11 is 1.22.